The van der Waals surface area contributed by atoms with Crippen molar-refractivity contribution in [3.05, 3.63) is 84.9 Å². The van der Waals surface area contributed by atoms with Crippen molar-refractivity contribution in [3.8, 4) is 5.75 Å². The molecule has 0 aliphatic rings. The van der Waals surface area contributed by atoms with Gasteiger partial charge in [0.15, 0.2) is 5.75 Å². The lowest BCUT2D eigenvalue weighted by molar-refractivity contribution is -0.00000781. The van der Waals surface area contributed by atoms with Gasteiger partial charge in [0.05, 0.1) is 39.2 Å². The second-order valence-electron chi connectivity index (χ2n) is 7.74. The molecule has 0 N–H and O–H groups in total. The van der Waals surface area contributed by atoms with Gasteiger partial charge in [-0.2, -0.15) is 0 Å². The van der Waals surface area contributed by atoms with E-state index in [2.05, 4.69) is 91.9 Å². The Morgan fingerprint density at radius 3 is 1.68 bits per heavy atom. The van der Waals surface area contributed by atoms with Crippen molar-refractivity contribution in [3.63, 3.8) is 0 Å². The van der Waals surface area contributed by atoms with Gasteiger partial charge in [-0.1, -0.05) is 55.5 Å². The van der Waals surface area contributed by atoms with Gasteiger partial charge in [-0.25, -0.2) is 0 Å². The van der Waals surface area contributed by atoms with Crippen LogP contribution in [0, 0.1) is 0 Å². The van der Waals surface area contributed by atoms with Gasteiger partial charge in [-0.3, -0.25) is 0 Å². The lowest BCUT2D eigenvalue weighted by atomic mass is 10.3. The second-order valence-corrected chi connectivity index (χ2v) is 11.3. The van der Waals surface area contributed by atoms with Crippen LogP contribution in [0.1, 0.15) is 13.3 Å². The number of benzene rings is 3. The Balaban J connectivity index is 0.00000408. The summed E-state index contributed by atoms with van der Waals surface area (Å²) in [5.74, 6) is 0.951. The summed E-state index contributed by atoms with van der Waals surface area (Å²) in [5.41, 5.74) is 0. The molecule has 0 heterocycles. The number of hydrogen-bond acceptors (Lipinski definition) is 4. The van der Waals surface area contributed by atoms with Gasteiger partial charge in [0.1, 0.15) is 29.8 Å². The molecule has 184 valence electrons. The molecule has 4 nitrogen and oxygen atoms in total. The number of halogens is 1. The van der Waals surface area contributed by atoms with E-state index in [1.807, 2.05) is 0 Å². The molecule has 3 aromatic rings. The normalized spacial score (nSPS) is 11.1. The molecule has 0 fully saturated rings. The van der Waals surface area contributed by atoms with E-state index in [0.717, 1.165) is 18.3 Å². The van der Waals surface area contributed by atoms with Crippen LogP contribution in [0.3, 0.4) is 0 Å². The number of hydrogen-bond donors (Lipinski definition) is 0. The Kier molecular flexibility index (Phi) is 13.7. The minimum atomic E-state index is -1.87. The third-order valence-electron chi connectivity index (χ3n) is 5.52. The first-order valence-corrected chi connectivity index (χ1v) is 13.7. The van der Waals surface area contributed by atoms with Crippen molar-refractivity contribution in [2.24, 2.45) is 0 Å². The van der Waals surface area contributed by atoms with Crippen LogP contribution in [0.15, 0.2) is 84.9 Å². The van der Waals surface area contributed by atoms with Crippen molar-refractivity contribution in [1.29, 1.82) is 0 Å². The number of rotatable bonds is 15. The van der Waals surface area contributed by atoms with Crippen LogP contribution in [0.25, 0.3) is 0 Å². The first kappa shape index (κ1) is 28.7. The van der Waals surface area contributed by atoms with Gasteiger partial charge in [0, 0.05) is 7.11 Å². The monoisotopic (exact) mass is 594 g/mol. The Hall–Kier alpha value is -1.50. The van der Waals surface area contributed by atoms with Gasteiger partial charge in [0.2, 0.25) is 0 Å². The van der Waals surface area contributed by atoms with E-state index in [1.54, 1.807) is 7.11 Å². The molecule has 0 atom stereocenters. The van der Waals surface area contributed by atoms with Crippen molar-refractivity contribution >= 4 is 23.2 Å². The second kappa shape index (κ2) is 16.2. The molecule has 0 spiro atoms. The molecule has 0 radical (unpaired) electrons. The van der Waals surface area contributed by atoms with E-state index in [-0.39, 0.29) is 24.0 Å². The molecule has 3 aromatic carbocycles. The molecule has 34 heavy (non-hydrogen) atoms. The molecule has 0 aliphatic heterocycles. The molecule has 6 heteroatoms. The van der Waals surface area contributed by atoms with Crippen LogP contribution in [0.5, 0.6) is 5.75 Å². The quantitative estimate of drug-likeness (QED) is 0.152. The SMILES string of the molecule is CCC[P+](c1ccccc1)(c1ccccc1)c1ccccc1OCCOCCOCCOC.[I-]. The molecule has 0 aromatic heterocycles. The summed E-state index contributed by atoms with van der Waals surface area (Å²) in [6.45, 7) is 5.61. The fourth-order valence-electron chi connectivity index (χ4n) is 4.08. The Labute approximate surface area is 222 Å². The summed E-state index contributed by atoms with van der Waals surface area (Å²) < 4.78 is 22.4. The van der Waals surface area contributed by atoms with Gasteiger partial charge in [-0.05, 0) is 42.8 Å². The molecule has 0 saturated heterocycles. The topological polar surface area (TPSA) is 36.9 Å². The van der Waals surface area contributed by atoms with Crippen LogP contribution < -0.4 is 44.6 Å². The smallest absolute Gasteiger partial charge is 0.162 e. The number of ether oxygens (including phenoxy) is 4. The first-order chi connectivity index (χ1) is 16.3. The maximum atomic E-state index is 6.32. The van der Waals surface area contributed by atoms with E-state index in [1.165, 1.54) is 15.9 Å². The van der Waals surface area contributed by atoms with Crippen LogP contribution >= 0.6 is 7.26 Å². The highest BCUT2D eigenvalue weighted by Gasteiger charge is 2.46. The molecular weight excluding hydrogens is 558 g/mol. The fourth-order valence-corrected chi connectivity index (χ4v) is 8.58. The third kappa shape index (κ3) is 7.76. The Morgan fingerprint density at radius 1 is 0.618 bits per heavy atom. The molecule has 0 aliphatic carbocycles. The summed E-state index contributed by atoms with van der Waals surface area (Å²) in [7, 11) is -0.197. The van der Waals surface area contributed by atoms with Gasteiger partial charge >= 0.3 is 0 Å². The average molecular weight is 594 g/mol. The summed E-state index contributed by atoms with van der Waals surface area (Å²) in [5, 5.41) is 4.07. The predicted octanol–water partition coefficient (Wildman–Crippen LogP) is 1.45. The zero-order valence-electron chi connectivity index (χ0n) is 20.2. The molecular formula is C28H36IO4P. The highest BCUT2D eigenvalue weighted by molar-refractivity contribution is 7.95. The van der Waals surface area contributed by atoms with Crippen LogP contribution in [-0.4, -0.2) is 52.9 Å². The molecule has 0 bridgehead atoms. The van der Waals surface area contributed by atoms with Crippen LogP contribution in [0.4, 0.5) is 0 Å². The average Bonchev–Trinajstić information content (AvgIpc) is 2.88. The van der Waals surface area contributed by atoms with E-state index in [4.69, 9.17) is 18.9 Å². The minimum absolute atomic E-state index is 0. The zero-order chi connectivity index (χ0) is 23.2. The predicted molar refractivity (Wildman–Crippen MR) is 139 cm³/mol. The largest absolute Gasteiger partial charge is 1.00 e. The highest BCUT2D eigenvalue weighted by atomic mass is 127. The molecule has 0 unspecified atom stereocenters. The number of methoxy groups -OCH3 is 1. The third-order valence-corrected chi connectivity index (χ3v) is 10.2. The van der Waals surface area contributed by atoms with Gasteiger partial charge < -0.3 is 42.9 Å². The van der Waals surface area contributed by atoms with Crippen molar-refractivity contribution in [2.45, 2.75) is 13.3 Å². The van der Waals surface area contributed by atoms with Gasteiger partial charge in [-0.15, -0.1) is 0 Å². The fraction of sp³-hybridized carbons (Fsp3) is 0.357. The van der Waals surface area contributed by atoms with Crippen molar-refractivity contribution < 1.29 is 42.9 Å². The van der Waals surface area contributed by atoms with Crippen LogP contribution in [-0.2, 0) is 14.2 Å². The first-order valence-electron chi connectivity index (χ1n) is 11.7. The van der Waals surface area contributed by atoms with E-state index < -0.39 is 7.26 Å². The van der Waals surface area contributed by atoms with Crippen molar-refractivity contribution in [2.75, 3.05) is 52.9 Å². The van der Waals surface area contributed by atoms with Gasteiger partial charge in [0.25, 0.3) is 0 Å². The standard InChI is InChI=1S/C28H36O4P.HI/c1-3-24-33(25-12-6-4-7-13-25,26-14-8-5-9-15-26)28-17-11-10-16-27(28)32-23-22-31-21-20-30-19-18-29-2;/h4-17H,3,18-24H2,1-2H3;1H/q+1;/p-1. The summed E-state index contributed by atoms with van der Waals surface area (Å²) in [6.07, 6.45) is 2.19. The molecule has 0 saturated carbocycles. The Morgan fingerprint density at radius 2 is 1.12 bits per heavy atom. The lowest BCUT2D eigenvalue weighted by Crippen LogP contribution is -3.00. The van der Waals surface area contributed by atoms with E-state index >= 15 is 0 Å². The van der Waals surface area contributed by atoms with Crippen molar-refractivity contribution in [1.82, 2.24) is 0 Å². The van der Waals surface area contributed by atoms with Crippen LogP contribution in [0.2, 0.25) is 0 Å². The maximum absolute atomic E-state index is 6.32. The van der Waals surface area contributed by atoms with E-state index in [0.29, 0.717) is 39.6 Å². The maximum Gasteiger partial charge on any atom is 0.162 e. The van der Waals surface area contributed by atoms with E-state index in [9.17, 15) is 0 Å². The minimum Gasteiger partial charge on any atom is -1.00 e. The zero-order valence-corrected chi connectivity index (χ0v) is 23.2. The Bertz CT molecular complexity index is 884. The molecule has 0 amide bonds. The number of para-hydroxylation sites is 1. The highest BCUT2D eigenvalue weighted by Crippen LogP contribution is 2.57. The summed E-state index contributed by atoms with van der Waals surface area (Å²) in [6, 6.07) is 30.4. The summed E-state index contributed by atoms with van der Waals surface area (Å²) in [4.78, 5) is 0. The summed E-state index contributed by atoms with van der Waals surface area (Å²) >= 11 is 0. The molecule has 3 rings (SSSR count). The lowest BCUT2D eigenvalue weighted by Gasteiger charge is -2.28.